The maximum Gasteiger partial charge on any atom is 0.350 e. The van der Waals surface area contributed by atoms with E-state index in [2.05, 4.69) is 4.98 Å². The molecule has 6 heteroatoms. The predicted octanol–water partition coefficient (Wildman–Crippen LogP) is 0.0777. The second kappa shape index (κ2) is 4.79. The van der Waals surface area contributed by atoms with Gasteiger partial charge in [-0.1, -0.05) is 11.1 Å². The van der Waals surface area contributed by atoms with E-state index in [1.165, 1.54) is 4.57 Å². The van der Waals surface area contributed by atoms with Crippen molar-refractivity contribution in [1.82, 2.24) is 9.55 Å². The Bertz CT molecular complexity index is 573. The highest BCUT2D eigenvalue weighted by Gasteiger charge is 2.42. The number of allylic oxidation sites excluding steroid dienone is 1. The maximum absolute atomic E-state index is 11.9. The van der Waals surface area contributed by atoms with E-state index in [0.717, 1.165) is 11.1 Å². The van der Waals surface area contributed by atoms with Crippen molar-refractivity contribution in [2.24, 2.45) is 5.41 Å². The second-order valence-electron chi connectivity index (χ2n) is 5.17. The summed E-state index contributed by atoms with van der Waals surface area (Å²) in [5, 5.41) is 19.1. The standard InChI is InChI=1S/C13H19N3O3/c1-8-9(2)13(6-17,7-18)5-10(8)16-4-3-11(14)15-12(16)19/h3-4,10,17-18H,5-7H2,1-2H3,(H2,14,15,19). The molecule has 0 spiro atoms. The summed E-state index contributed by atoms with van der Waals surface area (Å²) in [5.41, 5.74) is 6.33. The van der Waals surface area contributed by atoms with Gasteiger partial charge in [0.2, 0.25) is 0 Å². The lowest BCUT2D eigenvalue weighted by Gasteiger charge is -2.27. The summed E-state index contributed by atoms with van der Waals surface area (Å²) in [5.74, 6) is 0.188. The van der Waals surface area contributed by atoms with Gasteiger partial charge in [-0.25, -0.2) is 4.79 Å². The second-order valence-corrected chi connectivity index (χ2v) is 5.17. The van der Waals surface area contributed by atoms with E-state index in [-0.39, 0.29) is 25.1 Å². The Morgan fingerprint density at radius 1 is 1.47 bits per heavy atom. The minimum absolute atomic E-state index is 0.139. The largest absolute Gasteiger partial charge is 0.395 e. The molecule has 1 aromatic rings. The van der Waals surface area contributed by atoms with Gasteiger partial charge in [0.25, 0.3) is 0 Å². The fourth-order valence-electron chi connectivity index (χ4n) is 2.73. The van der Waals surface area contributed by atoms with E-state index in [4.69, 9.17) is 5.73 Å². The zero-order chi connectivity index (χ0) is 14.2. The lowest BCUT2D eigenvalue weighted by atomic mass is 9.83. The highest BCUT2D eigenvalue weighted by molar-refractivity contribution is 5.31. The van der Waals surface area contributed by atoms with Crippen LogP contribution in [-0.2, 0) is 0 Å². The number of rotatable bonds is 3. The highest BCUT2D eigenvalue weighted by atomic mass is 16.3. The monoisotopic (exact) mass is 265 g/mol. The quantitative estimate of drug-likeness (QED) is 0.672. The number of nitrogen functional groups attached to an aromatic ring is 1. The molecule has 0 aliphatic heterocycles. The number of nitrogens with zero attached hydrogens (tertiary/aromatic N) is 2. The lowest BCUT2D eigenvalue weighted by molar-refractivity contribution is 0.0783. The summed E-state index contributed by atoms with van der Waals surface area (Å²) < 4.78 is 1.50. The third kappa shape index (κ3) is 2.06. The summed E-state index contributed by atoms with van der Waals surface area (Å²) in [6, 6.07) is 1.38. The molecule has 6 nitrogen and oxygen atoms in total. The van der Waals surface area contributed by atoms with Gasteiger partial charge in [-0.3, -0.25) is 4.57 Å². The normalized spacial score (nSPS) is 22.0. The molecule has 1 heterocycles. The zero-order valence-corrected chi connectivity index (χ0v) is 11.1. The van der Waals surface area contributed by atoms with Gasteiger partial charge in [0.1, 0.15) is 5.82 Å². The third-order valence-corrected chi connectivity index (χ3v) is 4.26. The van der Waals surface area contributed by atoms with Gasteiger partial charge >= 0.3 is 5.69 Å². The van der Waals surface area contributed by atoms with Crippen LogP contribution in [0.5, 0.6) is 0 Å². The van der Waals surface area contributed by atoms with Gasteiger partial charge in [-0.2, -0.15) is 4.98 Å². The van der Waals surface area contributed by atoms with Gasteiger partial charge in [0.15, 0.2) is 0 Å². The molecule has 0 fully saturated rings. The molecule has 19 heavy (non-hydrogen) atoms. The minimum Gasteiger partial charge on any atom is -0.395 e. The van der Waals surface area contributed by atoms with Crippen molar-refractivity contribution in [1.29, 1.82) is 0 Å². The van der Waals surface area contributed by atoms with E-state index in [1.807, 2.05) is 13.8 Å². The summed E-state index contributed by atoms with van der Waals surface area (Å²) in [6.45, 7) is 3.52. The molecule has 0 aromatic carbocycles. The van der Waals surface area contributed by atoms with Crippen LogP contribution in [0.1, 0.15) is 26.3 Å². The molecular formula is C13H19N3O3. The van der Waals surface area contributed by atoms with Crippen molar-refractivity contribution in [3.05, 3.63) is 33.9 Å². The molecule has 1 aliphatic rings. The topological polar surface area (TPSA) is 101 Å². The molecule has 1 atom stereocenters. The van der Waals surface area contributed by atoms with Gasteiger partial charge < -0.3 is 15.9 Å². The molecule has 0 bridgehead atoms. The van der Waals surface area contributed by atoms with Crippen molar-refractivity contribution in [2.45, 2.75) is 26.3 Å². The molecule has 0 saturated heterocycles. The number of aromatic nitrogens is 2. The molecule has 104 valence electrons. The van der Waals surface area contributed by atoms with Gasteiger partial charge in [0.05, 0.1) is 19.3 Å². The molecule has 0 amide bonds. The van der Waals surface area contributed by atoms with Crippen LogP contribution in [0.3, 0.4) is 0 Å². The Balaban J connectivity index is 2.47. The number of hydrogen-bond acceptors (Lipinski definition) is 5. The van der Waals surface area contributed by atoms with Gasteiger partial charge in [-0.15, -0.1) is 0 Å². The van der Waals surface area contributed by atoms with Crippen LogP contribution >= 0.6 is 0 Å². The van der Waals surface area contributed by atoms with Crippen molar-refractivity contribution in [3.8, 4) is 0 Å². The molecule has 2 rings (SSSR count). The van der Waals surface area contributed by atoms with Gasteiger partial charge in [-0.05, 0) is 26.3 Å². The van der Waals surface area contributed by atoms with Crippen molar-refractivity contribution in [2.75, 3.05) is 18.9 Å². The van der Waals surface area contributed by atoms with E-state index < -0.39 is 11.1 Å². The fraction of sp³-hybridized carbons (Fsp3) is 0.538. The average Bonchev–Trinajstić information content (AvgIpc) is 2.64. The average molecular weight is 265 g/mol. The minimum atomic E-state index is -0.657. The zero-order valence-electron chi connectivity index (χ0n) is 11.1. The van der Waals surface area contributed by atoms with Crippen molar-refractivity contribution < 1.29 is 10.2 Å². The van der Waals surface area contributed by atoms with Crippen molar-refractivity contribution >= 4 is 5.82 Å². The van der Waals surface area contributed by atoms with Crippen LogP contribution < -0.4 is 11.4 Å². The Morgan fingerprint density at radius 2 is 2.11 bits per heavy atom. The molecular weight excluding hydrogens is 246 g/mol. The SMILES string of the molecule is CC1=C(C)C(CO)(CO)CC1n1ccc(N)nc1=O. The van der Waals surface area contributed by atoms with Crippen LogP contribution in [0.15, 0.2) is 28.2 Å². The molecule has 1 aromatic heterocycles. The Labute approximate surface area is 111 Å². The predicted molar refractivity (Wildman–Crippen MR) is 71.5 cm³/mol. The number of anilines is 1. The maximum atomic E-state index is 11.9. The first-order valence-electron chi connectivity index (χ1n) is 6.19. The first-order chi connectivity index (χ1) is 8.95. The van der Waals surface area contributed by atoms with E-state index >= 15 is 0 Å². The summed E-state index contributed by atoms with van der Waals surface area (Å²) in [6.07, 6.45) is 2.10. The Hall–Kier alpha value is -1.66. The fourth-order valence-corrected chi connectivity index (χ4v) is 2.73. The molecule has 1 unspecified atom stereocenters. The van der Waals surface area contributed by atoms with Crippen LogP contribution in [0, 0.1) is 5.41 Å². The molecule has 0 radical (unpaired) electrons. The summed E-state index contributed by atoms with van der Waals surface area (Å²) >= 11 is 0. The number of aliphatic hydroxyl groups is 2. The number of hydrogen-bond donors (Lipinski definition) is 3. The smallest absolute Gasteiger partial charge is 0.350 e. The molecule has 1 aliphatic carbocycles. The summed E-state index contributed by atoms with van der Waals surface area (Å²) in [4.78, 5) is 15.6. The van der Waals surface area contributed by atoms with Gasteiger partial charge in [0, 0.05) is 11.6 Å². The first-order valence-corrected chi connectivity index (χ1v) is 6.19. The van der Waals surface area contributed by atoms with E-state index in [9.17, 15) is 15.0 Å². The number of aliphatic hydroxyl groups excluding tert-OH is 2. The Morgan fingerprint density at radius 3 is 2.58 bits per heavy atom. The number of nitrogens with two attached hydrogens (primary N) is 1. The molecule has 0 saturated carbocycles. The van der Waals surface area contributed by atoms with Crippen LogP contribution in [-0.4, -0.2) is 33.0 Å². The van der Waals surface area contributed by atoms with Crippen molar-refractivity contribution in [3.63, 3.8) is 0 Å². The lowest BCUT2D eigenvalue weighted by Crippen LogP contribution is -2.32. The summed E-state index contributed by atoms with van der Waals surface area (Å²) in [7, 11) is 0. The van der Waals surface area contributed by atoms with Crippen LogP contribution in [0.2, 0.25) is 0 Å². The van der Waals surface area contributed by atoms with E-state index in [0.29, 0.717) is 6.42 Å². The van der Waals surface area contributed by atoms with Crippen LogP contribution in [0.4, 0.5) is 5.82 Å². The Kier molecular flexibility index (Phi) is 3.47. The third-order valence-electron chi connectivity index (χ3n) is 4.26. The molecule has 4 N–H and O–H groups in total. The highest BCUT2D eigenvalue weighted by Crippen LogP contribution is 2.47. The van der Waals surface area contributed by atoms with E-state index in [1.54, 1.807) is 12.3 Å². The first kappa shape index (κ1) is 13.8. The van der Waals surface area contributed by atoms with Crippen LogP contribution in [0.25, 0.3) is 0 Å².